The first-order chi connectivity index (χ1) is 16.2. The number of hydrogen-bond acceptors (Lipinski definition) is 4. The number of aromatic nitrogens is 1. The number of carbonyl (C=O) groups is 1. The maximum Gasteiger partial charge on any atom is 0.270 e. The number of aryl methyl sites for hydroxylation is 1. The highest BCUT2D eigenvalue weighted by Crippen LogP contribution is 2.57. The number of fused-ring (bicyclic) bond motifs is 3. The first-order valence-electron chi connectivity index (χ1n) is 13.3. The Balaban J connectivity index is 1.47. The Hall–Kier alpha value is -1.72. The normalized spacial score (nSPS) is 27.2. The number of carbonyl (C=O) groups excluding carboxylic acids is 1. The maximum atomic E-state index is 13.0. The molecule has 2 aromatic rings. The minimum Gasteiger partial charge on any atom is -0.350 e. The molecule has 1 saturated carbocycles. The standard InChI is InChI=1S/C29H43N3OS/c1-6-7-9-23(30)27-32-24(17-34-27)26(33)31-18-28(4)14-8-15-29(5)22-12-10-20(19(2)3)16-21(22)11-13-25(28)29/h10,12,16-17,19,23,25H,6-9,11,13-15,18,30H2,1-5H3,(H,31,33). The van der Waals surface area contributed by atoms with E-state index < -0.39 is 0 Å². The molecule has 0 aliphatic heterocycles. The number of rotatable bonds is 8. The molecule has 3 N–H and O–H groups in total. The fourth-order valence-corrected chi connectivity index (χ4v) is 7.53. The topological polar surface area (TPSA) is 68.0 Å². The van der Waals surface area contributed by atoms with Crippen molar-refractivity contribution in [3.63, 3.8) is 0 Å². The van der Waals surface area contributed by atoms with Gasteiger partial charge in [0.15, 0.2) is 0 Å². The monoisotopic (exact) mass is 481 g/mol. The predicted molar refractivity (Wildman–Crippen MR) is 143 cm³/mol. The van der Waals surface area contributed by atoms with Crippen molar-refractivity contribution in [3.05, 3.63) is 51.0 Å². The minimum atomic E-state index is -0.0680. The zero-order valence-electron chi connectivity index (χ0n) is 21.7. The second-order valence-corrected chi connectivity index (χ2v) is 12.5. The van der Waals surface area contributed by atoms with Gasteiger partial charge in [0.1, 0.15) is 10.7 Å². The van der Waals surface area contributed by atoms with Crippen LogP contribution < -0.4 is 11.1 Å². The zero-order valence-corrected chi connectivity index (χ0v) is 22.6. The van der Waals surface area contributed by atoms with Crippen LogP contribution in [0.25, 0.3) is 0 Å². The molecule has 1 aromatic carbocycles. The Morgan fingerprint density at radius 3 is 2.82 bits per heavy atom. The summed E-state index contributed by atoms with van der Waals surface area (Å²) in [6.07, 6.45) is 9.07. The van der Waals surface area contributed by atoms with Crippen molar-refractivity contribution in [2.45, 2.75) is 103 Å². The Labute approximate surface area is 210 Å². The number of amides is 1. The molecule has 4 nitrogen and oxygen atoms in total. The molecule has 0 bridgehead atoms. The molecule has 2 aliphatic carbocycles. The van der Waals surface area contributed by atoms with Crippen molar-refractivity contribution in [1.82, 2.24) is 10.3 Å². The zero-order chi connectivity index (χ0) is 24.5. The lowest BCUT2D eigenvalue weighted by Gasteiger charge is -2.55. The van der Waals surface area contributed by atoms with Crippen LogP contribution in [0.1, 0.15) is 124 Å². The molecule has 5 heteroatoms. The quantitative estimate of drug-likeness (QED) is 0.431. The second kappa shape index (κ2) is 10.1. The van der Waals surface area contributed by atoms with Gasteiger partial charge in [-0.1, -0.05) is 72.1 Å². The van der Waals surface area contributed by atoms with E-state index in [2.05, 4.69) is 63.1 Å². The van der Waals surface area contributed by atoms with Crippen LogP contribution in [-0.2, 0) is 11.8 Å². The summed E-state index contributed by atoms with van der Waals surface area (Å²) in [5, 5.41) is 6.01. The first kappa shape index (κ1) is 25.4. The molecule has 34 heavy (non-hydrogen) atoms. The van der Waals surface area contributed by atoms with Crippen molar-refractivity contribution >= 4 is 17.2 Å². The lowest BCUT2D eigenvalue weighted by Crippen LogP contribution is -2.53. The third kappa shape index (κ3) is 4.83. The van der Waals surface area contributed by atoms with Crippen molar-refractivity contribution < 1.29 is 4.79 Å². The fraction of sp³-hybridized carbons (Fsp3) is 0.655. The van der Waals surface area contributed by atoms with E-state index >= 15 is 0 Å². The summed E-state index contributed by atoms with van der Waals surface area (Å²) in [5.41, 5.74) is 11.6. The summed E-state index contributed by atoms with van der Waals surface area (Å²) in [5.74, 6) is 1.08. The van der Waals surface area contributed by atoms with E-state index in [0.29, 0.717) is 24.1 Å². The molecule has 2 aliphatic rings. The van der Waals surface area contributed by atoms with Gasteiger partial charge in [-0.3, -0.25) is 4.79 Å². The summed E-state index contributed by atoms with van der Waals surface area (Å²) >= 11 is 1.51. The van der Waals surface area contributed by atoms with Crippen LogP contribution in [0.2, 0.25) is 0 Å². The summed E-state index contributed by atoms with van der Waals surface area (Å²) in [4.78, 5) is 17.6. The van der Waals surface area contributed by atoms with E-state index in [1.54, 1.807) is 11.1 Å². The molecular weight excluding hydrogens is 438 g/mol. The first-order valence-corrected chi connectivity index (χ1v) is 14.2. The third-order valence-corrected chi connectivity index (χ3v) is 9.74. The van der Waals surface area contributed by atoms with Gasteiger partial charge >= 0.3 is 0 Å². The van der Waals surface area contributed by atoms with E-state index in [1.165, 1.54) is 36.2 Å². The predicted octanol–water partition coefficient (Wildman–Crippen LogP) is 6.90. The van der Waals surface area contributed by atoms with Gasteiger partial charge in [-0.05, 0) is 71.5 Å². The lowest BCUT2D eigenvalue weighted by molar-refractivity contribution is 0.0254. The molecule has 1 amide bonds. The average Bonchev–Trinajstić information content (AvgIpc) is 3.31. The van der Waals surface area contributed by atoms with Crippen LogP contribution in [0.4, 0.5) is 0 Å². The van der Waals surface area contributed by atoms with Gasteiger partial charge in [0.2, 0.25) is 0 Å². The molecule has 1 fully saturated rings. The molecule has 0 saturated heterocycles. The molecular formula is C29H43N3OS. The average molecular weight is 482 g/mol. The van der Waals surface area contributed by atoms with Gasteiger partial charge < -0.3 is 11.1 Å². The molecule has 1 aromatic heterocycles. The van der Waals surface area contributed by atoms with Crippen molar-refractivity contribution in [2.24, 2.45) is 17.1 Å². The van der Waals surface area contributed by atoms with Gasteiger partial charge in [0.05, 0.1) is 6.04 Å². The van der Waals surface area contributed by atoms with Gasteiger partial charge in [-0.2, -0.15) is 0 Å². The van der Waals surface area contributed by atoms with Crippen LogP contribution in [0.3, 0.4) is 0 Å². The number of thiazole rings is 1. The second-order valence-electron chi connectivity index (χ2n) is 11.6. The van der Waals surface area contributed by atoms with Crippen LogP contribution in [0, 0.1) is 11.3 Å². The molecule has 0 radical (unpaired) electrons. The summed E-state index contributed by atoms with van der Waals surface area (Å²) in [7, 11) is 0. The van der Waals surface area contributed by atoms with Crippen LogP contribution >= 0.6 is 11.3 Å². The van der Waals surface area contributed by atoms with Gasteiger partial charge in [-0.25, -0.2) is 4.98 Å². The third-order valence-electron chi connectivity index (χ3n) is 8.76. The van der Waals surface area contributed by atoms with Gasteiger partial charge in [0.25, 0.3) is 5.91 Å². The number of benzene rings is 1. The molecule has 4 unspecified atom stereocenters. The highest BCUT2D eigenvalue weighted by Gasteiger charge is 2.51. The molecule has 0 spiro atoms. The number of hydrogen-bond donors (Lipinski definition) is 2. The minimum absolute atomic E-state index is 0.0588. The molecule has 1 heterocycles. The fourth-order valence-electron chi connectivity index (χ4n) is 6.70. The summed E-state index contributed by atoms with van der Waals surface area (Å²) in [6.45, 7) is 12.3. The number of nitrogens with two attached hydrogens (primary N) is 1. The Morgan fingerprint density at radius 1 is 1.29 bits per heavy atom. The smallest absolute Gasteiger partial charge is 0.270 e. The summed E-state index contributed by atoms with van der Waals surface area (Å²) in [6, 6.07) is 7.15. The SMILES string of the molecule is CCCCC(N)c1nc(C(=O)NCC2(C)CCCC3(C)c4ccc(C(C)C)cc4CCC23)cs1. The summed E-state index contributed by atoms with van der Waals surface area (Å²) < 4.78 is 0. The van der Waals surface area contributed by atoms with Gasteiger partial charge in [-0.15, -0.1) is 11.3 Å². The van der Waals surface area contributed by atoms with Crippen molar-refractivity contribution in [2.75, 3.05) is 6.54 Å². The maximum absolute atomic E-state index is 13.0. The number of nitrogens with zero attached hydrogens (tertiary/aromatic N) is 1. The van der Waals surface area contributed by atoms with Crippen molar-refractivity contribution in [1.29, 1.82) is 0 Å². The highest BCUT2D eigenvalue weighted by molar-refractivity contribution is 7.09. The van der Waals surface area contributed by atoms with E-state index in [1.807, 2.05) is 5.38 Å². The largest absolute Gasteiger partial charge is 0.350 e. The van der Waals surface area contributed by atoms with E-state index in [0.717, 1.165) is 37.1 Å². The number of unbranched alkanes of at least 4 members (excludes halogenated alkanes) is 1. The van der Waals surface area contributed by atoms with Crippen LogP contribution in [0.15, 0.2) is 23.6 Å². The van der Waals surface area contributed by atoms with E-state index in [-0.39, 0.29) is 22.8 Å². The van der Waals surface area contributed by atoms with Crippen LogP contribution in [0.5, 0.6) is 0 Å². The lowest BCUT2D eigenvalue weighted by atomic mass is 9.49. The van der Waals surface area contributed by atoms with E-state index in [4.69, 9.17) is 5.73 Å². The Kier molecular flexibility index (Phi) is 7.54. The molecule has 4 rings (SSSR count). The molecule has 186 valence electrons. The Morgan fingerprint density at radius 2 is 2.09 bits per heavy atom. The van der Waals surface area contributed by atoms with E-state index in [9.17, 15) is 4.79 Å². The Bertz CT molecular complexity index is 1010. The highest BCUT2D eigenvalue weighted by atomic mass is 32.1. The van der Waals surface area contributed by atoms with Gasteiger partial charge in [0, 0.05) is 11.9 Å². The number of nitrogens with one attached hydrogen (secondary N) is 1. The van der Waals surface area contributed by atoms with Crippen molar-refractivity contribution in [3.8, 4) is 0 Å². The molecule has 4 atom stereocenters. The van der Waals surface area contributed by atoms with Crippen LogP contribution in [-0.4, -0.2) is 17.4 Å².